The average Bonchev–Trinajstić information content (AvgIpc) is 3.18. The van der Waals surface area contributed by atoms with Crippen molar-refractivity contribution in [2.75, 3.05) is 6.54 Å². The monoisotopic (exact) mass is 456 g/mol. The fourth-order valence-corrected chi connectivity index (χ4v) is 3.35. The number of rotatable bonds is 12. The zero-order valence-corrected chi connectivity index (χ0v) is 18.2. The standard InChI is InChI=1S/C19H32N6O7/c1-9(2)15(24-16(28)10(20)5-6-13(21)26)18(30)25-7-3-4-12(25)17(29)23-11(19(31)32)8-14(22)27/h9-12,15H,3-8,20H2,1-2H3,(H2,21,26)(H2,22,27)(H,23,29)(H,24,28)(H,31,32). The molecule has 4 atom stereocenters. The van der Waals surface area contributed by atoms with Crippen LogP contribution in [0.5, 0.6) is 0 Å². The van der Waals surface area contributed by atoms with Crippen molar-refractivity contribution in [3.8, 4) is 0 Å². The molecule has 0 aromatic rings. The summed E-state index contributed by atoms with van der Waals surface area (Å²) in [5, 5.41) is 14.0. The Hall–Kier alpha value is -3.22. The molecule has 0 spiro atoms. The first-order valence-electron chi connectivity index (χ1n) is 10.3. The molecule has 0 saturated carbocycles. The third kappa shape index (κ3) is 7.80. The molecule has 1 heterocycles. The van der Waals surface area contributed by atoms with E-state index < -0.39 is 66.1 Å². The first-order valence-corrected chi connectivity index (χ1v) is 10.3. The van der Waals surface area contributed by atoms with Crippen LogP contribution in [0, 0.1) is 5.92 Å². The number of hydrogen-bond acceptors (Lipinski definition) is 7. The number of likely N-dealkylation sites (tertiary alicyclic amines) is 1. The molecule has 0 aromatic heterocycles. The number of hydrogen-bond donors (Lipinski definition) is 6. The van der Waals surface area contributed by atoms with Gasteiger partial charge in [-0.15, -0.1) is 0 Å². The first-order chi connectivity index (χ1) is 14.8. The number of nitrogens with zero attached hydrogens (tertiary/aromatic N) is 1. The summed E-state index contributed by atoms with van der Waals surface area (Å²) in [6.07, 6.45) is 0.131. The molecule has 13 nitrogen and oxygen atoms in total. The maximum Gasteiger partial charge on any atom is 0.326 e. The number of amides is 5. The number of carbonyl (C=O) groups is 6. The van der Waals surface area contributed by atoms with Crippen LogP contribution < -0.4 is 27.8 Å². The van der Waals surface area contributed by atoms with Gasteiger partial charge in [0, 0.05) is 13.0 Å². The van der Waals surface area contributed by atoms with Gasteiger partial charge in [-0.2, -0.15) is 0 Å². The number of aliphatic carboxylic acids is 1. The number of carbonyl (C=O) groups excluding carboxylic acids is 5. The lowest BCUT2D eigenvalue weighted by Gasteiger charge is -2.31. The Kier molecular flexibility index (Phi) is 10.0. The fourth-order valence-electron chi connectivity index (χ4n) is 3.35. The van der Waals surface area contributed by atoms with E-state index in [1.807, 2.05) is 0 Å². The Morgan fingerprint density at radius 2 is 1.69 bits per heavy atom. The number of nitrogens with two attached hydrogens (primary N) is 3. The molecule has 0 aliphatic carbocycles. The lowest BCUT2D eigenvalue weighted by Crippen LogP contribution is -2.58. The molecular weight excluding hydrogens is 424 g/mol. The first kappa shape index (κ1) is 26.8. The van der Waals surface area contributed by atoms with E-state index in [-0.39, 0.29) is 31.7 Å². The van der Waals surface area contributed by atoms with Crippen LogP contribution in [0.25, 0.3) is 0 Å². The molecule has 13 heteroatoms. The number of nitrogens with one attached hydrogen (secondary N) is 2. The van der Waals surface area contributed by atoms with Crippen LogP contribution in [0.1, 0.15) is 46.0 Å². The molecule has 1 aliphatic heterocycles. The third-order valence-electron chi connectivity index (χ3n) is 5.13. The zero-order valence-electron chi connectivity index (χ0n) is 18.2. The van der Waals surface area contributed by atoms with E-state index in [4.69, 9.17) is 17.2 Å². The highest BCUT2D eigenvalue weighted by atomic mass is 16.4. The Morgan fingerprint density at radius 3 is 2.19 bits per heavy atom. The van der Waals surface area contributed by atoms with Crippen molar-refractivity contribution in [2.24, 2.45) is 23.1 Å². The molecule has 0 bridgehead atoms. The summed E-state index contributed by atoms with van der Waals surface area (Å²) in [5.41, 5.74) is 15.8. The van der Waals surface area contributed by atoms with Crippen molar-refractivity contribution in [2.45, 2.75) is 70.1 Å². The number of carboxylic acids is 1. The molecule has 0 radical (unpaired) electrons. The molecule has 180 valence electrons. The van der Waals surface area contributed by atoms with Crippen molar-refractivity contribution in [1.82, 2.24) is 15.5 Å². The summed E-state index contributed by atoms with van der Waals surface area (Å²) >= 11 is 0. The van der Waals surface area contributed by atoms with E-state index in [9.17, 15) is 33.9 Å². The van der Waals surface area contributed by atoms with Crippen LogP contribution in [0.3, 0.4) is 0 Å². The molecule has 1 saturated heterocycles. The highest BCUT2D eigenvalue weighted by molar-refractivity contribution is 5.95. The van der Waals surface area contributed by atoms with Crippen LogP contribution in [0.15, 0.2) is 0 Å². The van der Waals surface area contributed by atoms with E-state index in [0.717, 1.165) is 0 Å². The Labute approximate surface area is 185 Å². The van der Waals surface area contributed by atoms with Gasteiger partial charge in [0.05, 0.1) is 12.5 Å². The van der Waals surface area contributed by atoms with Crippen LogP contribution in [0.4, 0.5) is 0 Å². The summed E-state index contributed by atoms with van der Waals surface area (Å²) in [6.45, 7) is 3.64. The van der Waals surface area contributed by atoms with Crippen LogP contribution in [0.2, 0.25) is 0 Å². The summed E-state index contributed by atoms with van der Waals surface area (Å²) in [4.78, 5) is 72.7. The molecule has 4 unspecified atom stereocenters. The Balaban J connectivity index is 2.90. The van der Waals surface area contributed by atoms with Gasteiger partial charge in [-0.25, -0.2) is 4.79 Å². The van der Waals surface area contributed by atoms with Gasteiger partial charge in [0.1, 0.15) is 18.1 Å². The Bertz CT molecular complexity index is 756. The lowest BCUT2D eigenvalue weighted by molar-refractivity contribution is -0.146. The van der Waals surface area contributed by atoms with Gasteiger partial charge >= 0.3 is 5.97 Å². The second kappa shape index (κ2) is 12.0. The minimum atomic E-state index is -1.51. The van der Waals surface area contributed by atoms with E-state index in [1.54, 1.807) is 13.8 Å². The Morgan fingerprint density at radius 1 is 1.06 bits per heavy atom. The van der Waals surface area contributed by atoms with Crippen molar-refractivity contribution < 1.29 is 33.9 Å². The molecular formula is C19H32N6O7. The normalized spacial score (nSPS) is 18.5. The highest BCUT2D eigenvalue weighted by Gasteiger charge is 2.40. The summed E-state index contributed by atoms with van der Waals surface area (Å²) in [5.74, 6) is -5.15. The smallest absolute Gasteiger partial charge is 0.326 e. The third-order valence-corrected chi connectivity index (χ3v) is 5.13. The minimum Gasteiger partial charge on any atom is -0.480 e. The molecule has 1 fully saturated rings. The number of carboxylic acid groups (broad SMARTS) is 1. The topological polar surface area (TPSA) is 228 Å². The summed E-state index contributed by atoms with van der Waals surface area (Å²) in [6, 6.07) is -4.50. The van der Waals surface area contributed by atoms with Gasteiger partial charge in [0.25, 0.3) is 0 Å². The molecule has 9 N–H and O–H groups in total. The van der Waals surface area contributed by atoms with Gasteiger partial charge in [0.15, 0.2) is 0 Å². The summed E-state index contributed by atoms with van der Waals surface area (Å²) < 4.78 is 0. The predicted octanol–water partition coefficient (Wildman–Crippen LogP) is -2.84. The minimum absolute atomic E-state index is 0.0192. The van der Waals surface area contributed by atoms with Crippen LogP contribution in [-0.2, 0) is 28.8 Å². The van der Waals surface area contributed by atoms with Gasteiger partial charge in [-0.1, -0.05) is 13.8 Å². The summed E-state index contributed by atoms with van der Waals surface area (Å²) in [7, 11) is 0. The van der Waals surface area contributed by atoms with Gasteiger partial charge in [-0.05, 0) is 25.2 Å². The molecule has 0 aromatic carbocycles. The van der Waals surface area contributed by atoms with Gasteiger partial charge in [-0.3, -0.25) is 24.0 Å². The van der Waals surface area contributed by atoms with Crippen molar-refractivity contribution in [1.29, 1.82) is 0 Å². The average molecular weight is 457 g/mol. The second-order valence-electron chi connectivity index (χ2n) is 8.10. The van der Waals surface area contributed by atoms with E-state index in [0.29, 0.717) is 6.42 Å². The van der Waals surface area contributed by atoms with Gasteiger partial charge in [0.2, 0.25) is 29.5 Å². The molecule has 1 rings (SSSR count). The van der Waals surface area contributed by atoms with E-state index in [2.05, 4.69) is 10.6 Å². The maximum atomic E-state index is 13.1. The maximum absolute atomic E-state index is 13.1. The predicted molar refractivity (Wildman–Crippen MR) is 111 cm³/mol. The largest absolute Gasteiger partial charge is 0.480 e. The molecule has 5 amide bonds. The van der Waals surface area contributed by atoms with E-state index >= 15 is 0 Å². The SMILES string of the molecule is CC(C)C(NC(=O)C(N)CCC(N)=O)C(=O)N1CCCC1C(=O)NC(CC(N)=O)C(=O)O. The van der Waals surface area contributed by atoms with Crippen molar-refractivity contribution in [3.63, 3.8) is 0 Å². The van der Waals surface area contributed by atoms with Gasteiger partial charge < -0.3 is 37.8 Å². The van der Waals surface area contributed by atoms with Crippen LogP contribution in [-0.4, -0.2) is 76.2 Å². The van der Waals surface area contributed by atoms with Crippen molar-refractivity contribution in [3.05, 3.63) is 0 Å². The molecule has 1 aliphatic rings. The second-order valence-corrected chi connectivity index (χ2v) is 8.10. The van der Waals surface area contributed by atoms with Crippen LogP contribution >= 0.6 is 0 Å². The van der Waals surface area contributed by atoms with E-state index in [1.165, 1.54) is 4.90 Å². The highest BCUT2D eigenvalue weighted by Crippen LogP contribution is 2.21. The number of primary amides is 2. The van der Waals surface area contributed by atoms with Crippen molar-refractivity contribution >= 4 is 35.5 Å². The lowest BCUT2D eigenvalue weighted by atomic mass is 10.0. The fraction of sp³-hybridized carbons (Fsp3) is 0.684. The quantitative estimate of drug-likeness (QED) is 0.179. The zero-order chi connectivity index (χ0) is 24.6. The molecule has 32 heavy (non-hydrogen) atoms.